The molecule has 1 aliphatic rings. The summed E-state index contributed by atoms with van der Waals surface area (Å²) in [5.41, 5.74) is 0. The molecule has 0 bridgehead atoms. The summed E-state index contributed by atoms with van der Waals surface area (Å²) < 4.78 is 0. The second-order valence-electron chi connectivity index (χ2n) is 5.80. The number of rotatable bonds is 12. The van der Waals surface area contributed by atoms with Crippen LogP contribution in [0.3, 0.4) is 0 Å². The van der Waals surface area contributed by atoms with Gasteiger partial charge in [0.15, 0.2) is 0 Å². The molecule has 0 aliphatic carbocycles. The lowest BCUT2D eigenvalue weighted by Crippen LogP contribution is -2.51. The molecular weight excluding hydrogens is 248 g/mol. The van der Waals surface area contributed by atoms with Gasteiger partial charge in [-0.05, 0) is 58.4 Å². The first-order valence-corrected chi connectivity index (χ1v) is 8.74. The van der Waals surface area contributed by atoms with E-state index in [0.29, 0.717) is 0 Å². The van der Waals surface area contributed by atoms with Crippen molar-refractivity contribution in [2.24, 2.45) is 0 Å². The molecule has 1 unspecified atom stereocenters. The van der Waals surface area contributed by atoms with Gasteiger partial charge in [-0.1, -0.05) is 20.3 Å². The molecule has 0 amide bonds. The predicted molar refractivity (Wildman–Crippen MR) is 88.4 cm³/mol. The normalized spacial score (nSPS) is 20.4. The van der Waals surface area contributed by atoms with E-state index >= 15 is 0 Å². The minimum atomic E-state index is 0.768. The Morgan fingerprint density at radius 3 is 2.40 bits per heavy atom. The van der Waals surface area contributed by atoms with Crippen LogP contribution in [0.1, 0.15) is 46.0 Å². The monoisotopic (exact) mass is 284 g/mol. The van der Waals surface area contributed by atoms with Gasteiger partial charge in [0.05, 0.1) is 0 Å². The van der Waals surface area contributed by atoms with Crippen LogP contribution in [0.2, 0.25) is 0 Å². The van der Waals surface area contributed by atoms with E-state index in [4.69, 9.17) is 0 Å². The van der Waals surface area contributed by atoms with Crippen molar-refractivity contribution in [3.8, 4) is 0 Å². The van der Waals surface area contributed by atoms with Gasteiger partial charge in [-0.25, -0.2) is 0 Å². The van der Waals surface area contributed by atoms with Gasteiger partial charge in [-0.3, -0.25) is 4.90 Å². The highest BCUT2D eigenvalue weighted by molar-refractivity contribution is 4.79. The number of piperazine rings is 1. The Hall–Kier alpha value is -0.160. The van der Waals surface area contributed by atoms with E-state index < -0.39 is 0 Å². The third-order valence-electron chi connectivity index (χ3n) is 4.16. The molecular formula is C16H36N4. The molecule has 0 aromatic carbocycles. The maximum atomic E-state index is 3.56. The number of hydrogen-bond donors (Lipinski definition) is 3. The summed E-state index contributed by atoms with van der Waals surface area (Å²) in [5, 5.41) is 10.4. The topological polar surface area (TPSA) is 39.3 Å². The first kappa shape index (κ1) is 17.9. The fourth-order valence-electron chi connectivity index (χ4n) is 2.93. The van der Waals surface area contributed by atoms with Gasteiger partial charge in [0, 0.05) is 25.7 Å². The van der Waals surface area contributed by atoms with Crippen molar-refractivity contribution >= 4 is 0 Å². The van der Waals surface area contributed by atoms with Gasteiger partial charge in [0.25, 0.3) is 0 Å². The van der Waals surface area contributed by atoms with Crippen molar-refractivity contribution in [3.63, 3.8) is 0 Å². The molecule has 0 spiro atoms. The Bertz CT molecular complexity index is 189. The average Bonchev–Trinajstić information content (AvgIpc) is 2.48. The van der Waals surface area contributed by atoms with Crippen molar-refractivity contribution in [2.45, 2.75) is 52.0 Å². The van der Waals surface area contributed by atoms with E-state index in [-0.39, 0.29) is 0 Å². The van der Waals surface area contributed by atoms with Crippen molar-refractivity contribution < 1.29 is 0 Å². The number of unbranched alkanes of at least 4 members (excludes halogenated alkanes) is 2. The highest BCUT2D eigenvalue weighted by atomic mass is 15.2. The average molecular weight is 284 g/mol. The fourth-order valence-corrected chi connectivity index (χ4v) is 2.93. The van der Waals surface area contributed by atoms with Gasteiger partial charge in [-0.2, -0.15) is 0 Å². The van der Waals surface area contributed by atoms with Gasteiger partial charge in [-0.15, -0.1) is 0 Å². The van der Waals surface area contributed by atoms with Crippen LogP contribution >= 0.6 is 0 Å². The summed E-state index contributed by atoms with van der Waals surface area (Å²) in [7, 11) is 0. The number of nitrogens with zero attached hydrogens (tertiary/aromatic N) is 1. The van der Waals surface area contributed by atoms with Gasteiger partial charge >= 0.3 is 0 Å². The SMILES string of the molecule is CCNCCCCC1CNCCN1CCCCNCC. The highest BCUT2D eigenvalue weighted by Gasteiger charge is 2.20. The molecule has 0 aromatic rings. The molecule has 1 atom stereocenters. The van der Waals surface area contributed by atoms with E-state index in [1.54, 1.807) is 0 Å². The lowest BCUT2D eigenvalue weighted by Gasteiger charge is -2.36. The molecule has 3 N–H and O–H groups in total. The first-order valence-electron chi connectivity index (χ1n) is 8.74. The summed E-state index contributed by atoms with van der Waals surface area (Å²) >= 11 is 0. The maximum absolute atomic E-state index is 3.56. The smallest absolute Gasteiger partial charge is 0.0221 e. The number of hydrogen-bond acceptors (Lipinski definition) is 4. The molecule has 1 heterocycles. The van der Waals surface area contributed by atoms with Crippen molar-refractivity contribution in [3.05, 3.63) is 0 Å². The molecule has 1 aliphatic heterocycles. The lowest BCUT2D eigenvalue weighted by atomic mass is 10.1. The van der Waals surface area contributed by atoms with Crippen LogP contribution in [0, 0.1) is 0 Å². The van der Waals surface area contributed by atoms with E-state index in [1.807, 2.05) is 0 Å². The fraction of sp³-hybridized carbons (Fsp3) is 1.00. The Morgan fingerprint density at radius 2 is 1.70 bits per heavy atom. The Balaban J connectivity index is 2.10. The summed E-state index contributed by atoms with van der Waals surface area (Å²) in [6.07, 6.45) is 6.67. The van der Waals surface area contributed by atoms with Crippen molar-refractivity contribution in [1.29, 1.82) is 0 Å². The Labute approximate surface area is 126 Å². The second kappa shape index (κ2) is 12.6. The second-order valence-corrected chi connectivity index (χ2v) is 5.80. The molecule has 4 nitrogen and oxygen atoms in total. The van der Waals surface area contributed by atoms with Gasteiger partial charge in [0.2, 0.25) is 0 Å². The zero-order valence-electron chi connectivity index (χ0n) is 13.7. The van der Waals surface area contributed by atoms with Gasteiger partial charge in [0.1, 0.15) is 0 Å². The predicted octanol–water partition coefficient (Wildman–Crippen LogP) is 1.43. The Kier molecular flexibility index (Phi) is 11.2. The highest BCUT2D eigenvalue weighted by Crippen LogP contribution is 2.12. The van der Waals surface area contributed by atoms with Crippen molar-refractivity contribution in [2.75, 3.05) is 52.4 Å². The first-order chi connectivity index (χ1) is 9.88. The van der Waals surface area contributed by atoms with E-state index in [2.05, 4.69) is 34.7 Å². The zero-order chi connectivity index (χ0) is 14.5. The summed E-state index contributed by atoms with van der Waals surface area (Å²) in [6.45, 7) is 13.8. The maximum Gasteiger partial charge on any atom is 0.0221 e. The molecule has 1 rings (SSSR count). The minimum absolute atomic E-state index is 0.768. The summed E-state index contributed by atoms with van der Waals surface area (Å²) in [4.78, 5) is 2.72. The lowest BCUT2D eigenvalue weighted by molar-refractivity contribution is 0.148. The van der Waals surface area contributed by atoms with Crippen molar-refractivity contribution in [1.82, 2.24) is 20.9 Å². The minimum Gasteiger partial charge on any atom is -0.317 e. The van der Waals surface area contributed by atoms with Crippen LogP contribution < -0.4 is 16.0 Å². The zero-order valence-corrected chi connectivity index (χ0v) is 13.7. The van der Waals surface area contributed by atoms with Crippen LogP contribution in [0.5, 0.6) is 0 Å². The third kappa shape index (κ3) is 8.20. The Morgan fingerprint density at radius 1 is 1.00 bits per heavy atom. The largest absolute Gasteiger partial charge is 0.317 e. The molecule has 4 heteroatoms. The molecule has 120 valence electrons. The molecule has 20 heavy (non-hydrogen) atoms. The summed E-state index contributed by atoms with van der Waals surface area (Å²) in [6, 6.07) is 0.768. The van der Waals surface area contributed by atoms with E-state index in [0.717, 1.165) is 19.1 Å². The van der Waals surface area contributed by atoms with Crippen LogP contribution in [-0.2, 0) is 0 Å². The van der Waals surface area contributed by atoms with Crippen LogP contribution in [0.25, 0.3) is 0 Å². The van der Waals surface area contributed by atoms with E-state index in [1.165, 1.54) is 71.4 Å². The van der Waals surface area contributed by atoms with Crippen LogP contribution in [0.4, 0.5) is 0 Å². The summed E-state index contributed by atoms with van der Waals surface area (Å²) in [5.74, 6) is 0. The quantitative estimate of drug-likeness (QED) is 0.474. The molecule has 0 radical (unpaired) electrons. The third-order valence-corrected chi connectivity index (χ3v) is 4.16. The van der Waals surface area contributed by atoms with Gasteiger partial charge < -0.3 is 16.0 Å². The van der Waals surface area contributed by atoms with Crippen LogP contribution in [-0.4, -0.2) is 63.3 Å². The number of nitrogens with one attached hydrogen (secondary N) is 3. The molecule has 1 saturated heterocycles. The molecule has 0 aromatic heterocycles. The van der Waals surface area contributed by atoms with Crippen LogP contribution in [0.15, 0.2) is 0 Å². The molecule has 0 saturated carbocycles. The molecule has 1 fully saturated rings. The van der Waals surface area contributed by atoms with E-state index in [9.17, 15) is 0 Å². The standard InChI is InChI=1S/C16H36N4/c1-3-17-10-6-5-9-16-15-19-12-14-20(16)13-8-7-11-18-4-2/h16-19H,3-15H2,1-2H3.